The summed E-state index contributed by atoms with van der Waals surface area (Å²) in [5.74, 6) is -0.472. The molecule has 0 radical (unpaired) electrons. The number of halogens is 1. The van der Waals surface area contributed by atoms with Gasteiger partial charge in [0.15, 0.2) is 0 Å². The van der Waals surface area contributed by atoms with Gasteiger partial charge in [-0.2, -0.15) is 0 Å². The van der Waals surface area contributed by atoms with Gasteiger partial charge in [-0.25, -0.2) is 14.2 Å². The molecule has 2 aromatic heterocycles. The van der Waals surface area contributed by atoms with Crippen molar-refractivity contribution in [3.63, 3.8) is 0 Å². The third-order valence-corrected chi connectivity index (χ3v) is 4.64. The number of ether oxygens (including phenoxy) is 3. The molecule has 1 fully saturated rings. The number of amides is 1. The molecule has 0 spiro atoms. The van der Waals surface area contributed by atoms with E-state index in [0.29, 0.717) is 18.4 Å². The lowest BCUT2D eigenvalue weighted by molar-refractivity contribution is -0.0720. The van der Waals surface area contributed by atoms with Gasteiger partial charge in [0.05, 0.1) is 49.2 Å². The Morgan fingerprint density at radius 1 is 1.47 bits per heavy atom. The van der Waals surface area contributed by atoms with Crippen molar-refractivity contribution in [2.24, 2.45) is 0 Å². The molecule has 1 aliphatic heterocycles. The lowest BCUT2D eigenvalue weighted by Crippen LogP contribution is -2.47. The van der Waals surface area contributed by atoms with Crippen LogP contribution in [0.5, 0.6) is 5.88 Å². The predicted octanol–water partition coefficient (Wildman–Crippen LogP) is 2.75. The highest BCUT2D eigenvalue weighted by atomic mass is 19.1. The minimum atomic E-state index is -1.34. The highest BCUT2D eigenvalue weighted by Gasteiger charge is 2.30. The number of hydrogen-bond acceptors (Lipinski definition) is 7. The summed E-state index contributed by atoms with van der Waals surface area (Å²) in [6.07, 6.45) is -1.93. The summed E-state index contributed by atoms with van der Waals surface area (Å²) in [5.41, 5.74) is -0.106. The number of nitrogens with zero attached hydrogens (tertiary/aromatic N) is 2. The Morgan fingerprint density at radius 3 is 2.87 bits per heavy atom. The molecule has 0 aliphatic carbocycles. The van der Waals surface area contributed by atoms with Crippen LogP contribution < -0.4 is 10.1 Å². The van der Waals surface area contributed by atoms with E-state index in [2.05, 4.69) is 15.3 Å². The summed E-state index contributed by atoms with van der Waals surface area (Å²) in [6.45, 7) is 5.48. The number of methoxy groups -OCH3 is 1. The Hall–Kier alpha value is -2.52. The van der Waals surface area contributed by atoms with E-state index in [1.165, 1.54) is 7.11 Å². The summed E-state index contributed by atoms with van der Waals surface area (Å²) >= 11 is 0. The molecular formula is C21H28FN3O5. The number of carbonyl (C=O) groups is 1. The van der Waals surface area contributed by atoms with E-state index in [4.69, 9.17) is 15.6 Å². The van der Waals surface area contributed by atoms with E-state index < -0.39 is 36.1 Å². The Kier molecular flexibility index (Phi) is 6.29. The molecule has 9 heteroatoms. The number of nitrogens with one attached hydrogen (secondary N) is 1. The maximum Gasteiger partial charge on any atom is 0.407 e. The largest absolute Gasteiger partial charge is 0.481 e. The molecule has 1 unspecified atom stereocenters. The topological polar surface area (TPSA) is 103 Å². The predicted molar refractivity (Wildman–Crippen MR) is 108 cm³/mol. The quantitative estimate of drug-likeness (QED) is 0.764. The standard InChI is InChI=1S/C21H28FN3O5/c1-21(2,3)30-20(27)24-12-5-7-17(29-11-12)16(26)9-13-14(22)10-23-15-6-8-18(28-4)25-19(13)15/h6,8,10,12,16-17,26H,5,7,9,11H2,1-4H3,(H,24,27)/t12-,16?,17+/m1/s1/i9D/t9-,12-,16?,17+. The highest BCUT2D eigenvalue weighted by molar-refractivity contribution is 5.78. The zero-order valence-electron chi connectivity index (χ0n) is 18.5. The molecule has 8 nitrogen and oxygen atoms in total. The van der Waals surface area contributed by atoms with Crippen LogP contribution >= 0.6 is 0 Å². The molecular weight excluding hydrogens is 393 g/mol. The SMILES string of the molecule is [2H][C@H](c1c(F)cnc2ccc(OC)nc12)C(O)[C@@H]1CC[C@@H](NC(=O)OC(C)(C)C)CO1. The van der Waals surface area contributed by atoms with Crippen molar-refractivity contribution >= 4 is 17.1 Å². The fourth-order valence-corrected chi connectivity index (χ4v) is 3.22. The zero-order chi connectivity index (χ0) is 22.8. The number of aliphatic hydroxyl groups excluding tert-OH is 1. The molecule has 0 aromatic carbocycles. The van der Waals surface area contributed by atoms with Gasteiger partial charge in [0.25, 0.3) is 0 Å². The lowest BCUT2D eigenvalue weighted by Gasteiger charge is -2.32. The van der Waals surface area contributed by atoms with Crippen LogP contribution in [-0.2, 0) is 15.9 Å². The van der Waals surface area contributed by atoms with Crippen molar-refractivity contribution in [3.05, 3.63) is 29.7 Å². The van der Waals surface area contributed by atoms with Gasteiger partial charge >= 0.3 is 6.09 Å². The minimum absolute atomic E-state index is 0.0611. The van der Waals surface area contributed by atoms with Crippen LogP contribution in [0, 0.1) is 5.82 Å². The number of aliphatic hydroxyl groups is 1. The molecule has 2 aromatic rings. The Balaban J connectivity index is 1.68. The molecule has 3 rings (SSSR count). The van der Waals surface area contributed by atoms with Crippen LogP contribution in [0.15, 0.2) is 18.3 Å². The first-order chi connectivity index (χ1) is 14.6. The van der Waals surface area contributed by atoms with Crippen molar-refractivity contribution in [1.82, 2.24) is 15.3 Å². The van der Waals surface area contributed by atoms with E-state index in [9.17, 15) is 14.3 Å². The van der Waals surface area contributed by atoms with E-state index in [1.54, 1.807) is 32.9 Å². The van der Waals surface area contributed by atoms with E-state index in [0.717, 1.165) is 6.20 Å². The summed E-state index contributed by atoms with van der Waals surface area (Å²) in [5, 5.41) is 13.5. The number of alkyl carbamates (subject to hydrolysis) is 1. The third kappa shape index (κ3) is 5.54. The number of fused-ring (bicyclic) bond motifs is 1. The van der Waals surface area contributed by atoms with Crippen LogP contribution in [0.4, 0.5) is 9.18 Å². The van der Waals surface area contributed by atoms with Crippen molar-refractivity contribution in [1.29, 1.82) is 0 Å². The molecule has 0 saturated carbocycles. The molecule has 4 atom stereocenters. The van der Waals surface area contributed by atoms with E-state index in [1.807, 2.05) is 0 Å². The van der Waals surface area contributed by atoms with Gasteiger partial charge in [0.2, 0.25) is 5.88 Å². The fourth-order valence-electron chi connectivity index (χ4n) is 3.22. The normalized spacial score (nSPS) is 22.1. The molecule has 30 heavy (non-hydrogen) atoms. The number of carbonyl (C=O) groups excluding carboxylic acids is 1. The minimum Gasteiger partial charge on any atom is -0.481 e. The molecule has 1 aliphatic rings. The summed E-state index contributed by atoms with van der Waals surface area (Å²) in [4.78, 5) is 20.1. The molecule has 1 saturated heterocycles. The third-order valence-electron chi connectivity index (χ3n) is 4.64. The first-order valence-electron chi connectivity index (χ1n) is 10.4. The molecule has 2 N–H and O–H groups in total. The Morgan fingerprint density at radius 2 is 2.23 bits per heavy atom. The second kappa shape index (κ2) is 9.09. The van der Waals surface area contributed by atoms with Gasteiger partial charge in [0, 0.05) is 19.4 Å². The van der Waals surface area contributed by atoms with Crippen LogP contribution in [0.3, 0.4) is 0 Å². The van der Waals surface area contributed by atoms with Crippen LogP contribution in [0.25, 0.3) is 11.0 Å². The van der Waals surface area contributed by atoms with Gasteiger partial charge in [-0.05, 0) is 39.7 Å². The molecule has 1 amide bonds. The lowest BCUT2D eigenvalue weighted by atomic mass is 9.96. The van der Waals surface area contributed by atoms with Gasteiger partial charge in [-0.15, -0.1) is 0 Å². The number of hydrogen-bond donors (Lipinski definition) is 2. The van der Waals surface area contributed by atoms with E-state index in [-0.39, 0.29) is 29.6 Å². The summed E-state index contributed by atoms with van der Waals surface area (Å²) < 4.78 is 39.1. The van der Waals surface area contributed by atoms with Gasteiger partial charge in [-0.1, -0.05) is 0 Å². The molecule has 3 heterocycles. The van der Waals surface area contributed by atoms with Crippen LogP contribution in [0.2, 0.25) is 0 Å². The van der Waals surface area contributed by atoms with Gasteiger partial charge < -0.3 is 24.6 Å². The summed E-state index contributed by atoms with van der Waals surface area (Å²) in [7, 11) is 1.44. The fraction of sp³-hybridized carbons (Fsp3) is 0.571. The first kappa shape index (κ1) is 20.7. The maximum atomic E-state index is 14.6. The van der Waals surface area contributed by atoms with Gasteiger partial charge in [0.1, 0.15) is 11.4 Å². The molecule has 164 valence electrons. The first-order valence-corrected chi connectivity index (χ1v) is 9.79. The maximum absolute atomic E-state index is 14.6. The number of rotatable bonds is 5. The van der Waals surface area contributed by atoms with Crippen molar-refractivity contribution in [3.8, 4) is 5.88 Å². The zero-order valence-corrected chi connectivity index (χ0v) is 17.5. The average molecular weight is 422 g/mol. The molecule has 0 bridgehead atoms. The van der Waals surface area contributed by atoms with Crippen LogP contribution in [-0.4, -0.2) is 58.7 Å². The van der Waals surface area contributed by atoms with Crippen LogP contribution in [0.1, 0.15) is 40.5 Å². The Bertz CT molecular complexity index is 931. The second-order valence-electron chi connectivity index (χ2n) is 8.19. The number of aromatic nitrogens is 2. The summed E-state index contributed by atoms with van der Waals surface area (Å²) in [6, 6.07) is 2.94. The van der Waals surface area contributed by atoms with Crippen molar-refractivity contribution in [2.75, 3.05) is 13.7 Å². The van der Waals surface area contributed by atoms with E-state index >= 15 is 0 Å². The highest BCUT2D eigenvalue weighted by Crippen LogP contribution is 2.25. The Labute approximate surface area is 176 Å². The number of pyridine rings is 2. The monoisotopic (exact) mass is 422 g/mol. The van der Waals surface area contributed by atoms with Gasteiger partial charge in [-0.3, -0.25) is 4.98 Å². The smallest absolute Gasteiger partial charge is 0.407 e. The second-order valence-corrected chi connectivity index (χ2v) is 8.19. The average Bonchev–Trinajstić information content (AvgIpc) is 2.71. The van der Waals surface area contributed by atoms with Crippen molar-refractivity contribution in [2.45, 2.75) is 63.9 Å². The van der Waals surface area contributed by atoms with Crippen molar-refractivity contribution < 1.29 is 29.9 Å².